The molecule has 0 saturated heterocycles. The number of aromatic nitrogens is 1. The van der Waals surface area contributed by atoms with Crippen LogP contribution in [0.4, 0.5) is 5.69 Å². The first-order valence-corrected chi connectivity index (χ1v) is 6.28. The van der Waals surface area contributed by atoms with Crippen LogP contribution in [0.1, 0.15) is 0 Å². The molecule has 1 heterocycles. The second-order valence-electron chi connectivity index (χ2n) is 4.42. The van der Waals surface area contributed by atoms with E-state index in [0.29, 0.717) is 13.2 Å². The number of para-hydroxylation sites is 1. The molecular weight excluding hydrogens is 258 g/mol. The van der Waals surface area contributed by atoms with Gasteiger partial charge in [0.15, 0.2) is 0 Å². The summed E-state index contributed by atoms with van der Waals surface area (Å²) < 4.78 is 6.66. The number of primary amides is 1. The molecule has 1 aromatic heterocycles. The number of amides is 1. The molecule has 0 spiro atoms. The fourth-order valence-corrected chi connectivity index (χ4v) is 1.99. The Morgan fingerprint density at radius 2 is 2.15 bits per heavy atom. The predicted octanol–water partition coefficient (Wildman–Crippen LogP) is 0.452. The summed E-state index contributed by atoms with van der Waals surface area (Å²) in [5.41, 5.74) is 6.51. The molecule has 2 rings (SSSR count). The van der Waals surface area contributed by atoms with Crippen LogP contribution in [0.3, 0.4) is 0 Å². The molecule has 0 unspecified atom stereocenters. The van der Waals surface area contributed by atoms with Crippen LogP contribution in [0.2, 0.25) is 0 Å². The van der Waals surface area contributed by atoms with Crippen LogP contribution >= 0.6 is 0 Å². The number of carbonyl (C=O) groups excluding carboxylic acids is 1. The number of benzene rings is 1. The van der Waals surface area contributed by atoms with Crippen molar-refractivity contribution in [3.05, 3.63) is 40.7 Å². The number of hydrogen-bond acceptors (Lipinski definition) is 4. The number of aryl methyl sites for hydroxylation is 1. The van der Waals surface area contributed by atoms with Crippen molar-refractivity contribution in [2.75, 3.05) is 25.1 Å². The van der Waals surface area contributed by atoms with Crippen molar-refractivity contribution in [1.29, 1.82) is 0 Å². The Morgan fingerprint density at radius 3 is 2.90 bits per heavy atom. The molecule has 0 fully saturated rings. The fourth-order valence-electron chi connectivity index (χ4n) is 1.99. The minimum atomic E-state index is -0.496. The van der Waals surface area contributed by atoms with Crippen molar-refractivity contribution in [2.24, 2.45) is 12.8 Å². The van der Waals surface area contributed by atoms with E-state index in [1.165, 1.54) is 0 Å². The average Bonchev–Trinajstić information content (AvgIpc) is 2.43. The van der Waals surface area contributed by atoms with E-state index < -0.39 is 5.91 Å². The number of rotatable bonds is 6. The molecule has 0 radical (unpaired) electrons. The lowest BCUT2D eigenvalue weighted by atomic mass is 10.2. The van der Waals surface area contributed by atoms with E-state index >= 15 is 0 Å². The number of hydrogen-bond donors (Lipinski definition) is 2. The van der Waals surface area contributed by atoms with Gasteiger partial charge in [-0.2, -0.15) is 0 Å². The van der Waals surface area contributed by atoms with E-state index in [4.69, 9.17) is 10.5 Å². The van der Waals surface area contributed by atoms with Crippen molar-refractivity contribution >= 4 is 22.5 Å². The number of pyridine rings is 1. The summed E-state index contributed by atoms with van der Waals surface area (Å²) in [5.74, 6) is -0.496. The highest BCUT2D eigenvalue weighted by molar-refractivity contribution is 5.91. The van der Waals surface area contributed by atoms with Gasteiger partial charge in [-0.3, -0.25) is 9.59 Å². The van der Waals surface area contributed by atoms with Gasteiger partial charge < -0.3 is 20.4 Å². The van der Waals surface area contributed by atoms with E-state index in [9.17, 15) is 9.59 Å². The number of ether oxygens (including phenoxy) is 1. The molecule has 0 bridgehead atoms. The summed E-state index contributed by atoms with van der Waals surface area (Å²) in [7, 11) is 1.74. The van der Waals surface area contributed by atoms with Gasteiger partial charge in [0.2, 0.25) is 5.91 Å². The third-order valence-electron chi connectivity index (χ3n) is 2.96. The first kappa shape index (κ1) is 14.1. The van der Waals surface area contributed by atoms with Crippen LogP contribution in [0.15, 0.2) is 35.1 Å². The summed E-state index contributed by atoms with van der Waals surface area (Å²) in [5, 5.41) is 4.10. The topological polar surface area (TPSA) is 86.3 Å². The quantitative estimate of drug-likeness (QED) is 0.750. The number of nitrogens with zero attached hydrogens (tertiary/aromatic N) is 1. The molecule has 1 amide bonds. The Hall–Kier alpha value is -2.34. The number of anilines is 1. The predicted molar refractivity (Wildman–Crippen MR) is 77.7 cm³/mol. The molecule has 0 saturated carbocycles. The molecule has 0 aliphatic rings. The van der Waals surface area contributed by atoms with Gasteiger partial charge in [0.1, 0.15) is 6.61 Å². The number of nitrogens with one attached hydrogen (secondary N) is 1. The van der Waals surface area contributed by atoms with E-state index in [1.54, 1.807) is 17.7 Å². The second-order valence-corrected chi connectivity index (χ2v) is 4.42. The number of nitrogens with two attached hydrogens (primary N) is 1. The maximum Gasteiger partial charge on any atom is 0.252 e. The van der Waals surface area contributed by atoms with Crippen molar-refractivity contribution in [3.8, 4) is 0 Å². The van der Waals surface area contributed by atoms with Gasteiger partial charge in [-0.1, -0.05) is 18.2 Å². The van der Waals surface area contributed by atoms with Crippen LogP contribution in [0, 0.1) is 0 Å². The Balaban J connectivity index is 2.12. The van der Waals surface area contributed by atoms with E-state index in [1.807, 2.05) is 24.3 Å². The van der Waals surface area contributed by atoms with Gasteiger partial charge in [0.25, 0.3) is 5.56 Å². The van der Waals surface area contributed by atoms with E-state index in [0.717, 1.165) is 16.6 Å². The molecule has 0 aliphatic heterocycles. The maximum atomic E-state index is 11.9. The van der Waals surface area contributed by atoms with Crippen molar-refractivity contribution in [1.82, 2.24) is 4.57 Å². The van der Waals surface area contributed by atoms with E-state index in [2.05, 4.69) is 5.32 Å². The Kier molecular flexibility index (Phi) is 4.37. The monoisotopic (exact) mass is 275 g/mol. The third kappa shape index (κ3) is 3.16. The summed E-state index contributed by atoms with van der Waals surface area (Å²) >= 11 is 0. The lowest BCUT2D eigenvalue weighted by Crippen LogP contribution is -2.21. The first-order valence-electron chi connectivity index (χ1n) is 6.28. The largest absolute Gasteiger partial charge is 0.382 e. The zero-order valence-electron chi connectivity index (χ0n) is 11.3. The second kappa shape index (κ2) is 6.21. The van der Waals surface area contributed by atoms with Crippen LogP contribution in [0.25, 0.3) is 10.9 Å². The van der Waals surface area contributed by atoms with Gasteiger partial charge in [0.05, 0.1) is 12.1 Å². The summed E-state index contributed by atoms with van der Waals surface area (Å²) in [6, 6.07) is 9.20. The summed E-state index contributed by atoms with van der Waals surface area (Å²) in [6.07, 6.45) is 0. The van der Waals surface area contributed by atoms with Crippen LogP contribution in [-0.2, 0) is 16.6 Å². The molecule has 6 nitrogen and oxygen atoms in total. The molecule has 106 valence electrons. The molecule has 1 aromatic carbocycles. The maximum absolute atomic E-state index is 11.9. The molecule has 20 heavy (non-hydrogen) atoms. The highest BCUT2D eigenvalue weighted by Crippen LogP contribution is 2.20. The Labute approximate surface area is 116 Å². The van der Waals surface area contributed by atoms with Gasteiger partial charge in [-0.05, 0) is 6.07 Å². The molecule has 0 atom stereocenters. The van der Waals surface area contributed by atoms with Crippen LogP contribution < -0.4 is 16.6 Å². The highest BCUT2D eigenvalue weighted by atomic mass is 16.5. The number of fused-ring (bicyclic) bond motifs is 1. The lowest BCUT2D eigenvalue weighted by Gasteiger charge is -2.12. The van der Waals surface area contributed by atoms with Gasteiger partial charge >= 0.3 is 0 Å². The Morgan fingerprint density at radius 1 is 1.40 bits per heavy atom. The normalized spacial score (nSPS) is 10.7. The van der Waals surface area contributed by atoms with E-state index in [-0.39, 0.29) is 12.2 Å². The zero-order valence-corrected chi connectivity index (χ0v) is 11.3. The van der Waals surface area contributed by atoms with Crippen LogP contribution in [0.5, 0.6) is 0 Å². The molecule has 2 aromatic rings. The first-order chi connectivity index (χ1) is 9.59. The molecule has 0 aliphatic carbocycles. The lowest BCUT2D eigenvalue weighted by molar-refractivity contribution is -0.122. The fraction of sp³-hybridized carbons (Fsp3) is 0.286. The Bertz CT molecular complexity index is 679. The molecule has 3 N–H and O–H groups in total. The zero-order chi connectivity index (χ0) is 14.5. The van der Waals surface area contributed by atoms with Crippen molar-refractivity contribution < 1.29 is 9.53 Å². The van der Waals surface area contributed by atoms with Crippen molar-refractivity contribution in [2.45, 2.75) is 0 Å². The molecular formula is C14H17N3O3. The minimum absolute atomic E-state index is 0.0794. The average molecular weight is 275 g/mol. The molecule has 6 heteroatoms. The van der Waals surface area contributed by atoms with Gasteiger partial charge in [-0.25, -0.2) is 0 Å². The van der Waals surface area contributed by atoms with Crippen LogP contribution in [-0.4, -0.2) is 30.2 Å². The smallest absolute Gasteiger partial charge is 0.252 e. The third-order valence-corrected chi connectivity index (χ3v) is 2.96. The SMILES string of the molecule is Cn1c(=O)cc(NCCOCC(N)=O)c2ccccc21. The summed E-state index contributed by atoms with van der Waals surface area (Å²) in [6.45, 7) is 0.732. The summed E-state index contributed by atoms with van der Waals surface area (Å²) in [4.78, 5) is 22.4. The van der Waals surface area contributed by atoms with Gasteiger partial charge in [-0.15, -0.1) is 0 Å². The standard InChI is InChI=1S/C14H17N3O3/c1-17-12-5-3-2-4-10(12)11(8-14(17)19)16-6-7-20-9-13(15)18/h2-5,8,16H,6-7,9H2,1H3,(H2,15,18). The minimum Gasteiger partial charge on any atom is -0.382 e. The van der Waals surface area contributed by atoms with Crippen molar-refractivity contribution in [3.63, 3.8) is 0 Å². The number of carbonyl (C=O) groups is 1. The highest BCUT2D eigenvalue weighted by Gasteiger charge is 2.05. The van der Waals surface area contributed by atoms with Gasteiger partial charge in [0, 0.05) is 30.7 Å².